The monoisotopic (exact) mass is 187 g/mol. The van der Waals surface area contributed by atoms with E-state index in [9.17, 15) is 4.79 Å². The molecule has 0 aromatic carbocycles. The van der Waals surface area contributed by atoms with Crippen LogP contribution in [0, 0.1) is 0 Å². The molecule has 1 unspecified atom stereocenters. The predicted molar refractivity (Wildman–Crippen MR) is 53.8 cm³/mol. The third-order valence-corrected chi connectivity index (χ3v) is 2.08. The van der Waals surface area contributed by atoms with Crippen LogP contribution in [0.2, 0.25) is 0 Å². The van der Waals surface area contributed by atoms with E-state index < -0.39 is 0 Å². The van der Waals surface area contributed by atoms with Crippen LogP contribution in [0.25, 0.3) is 0 Å². The minimum Gasteiger partial charge on any atom is -0.450 e. The van der Waals surface area contributed by atoms with Gasteiger partial charge in [-0.2, -0.15) is 0 Å². The molecule has 78 valence electrons. The van der Waals surface area contributed by atoms with Crippen molar-refractivity contribution < 1.29 is 9.53 Å². The quantitative estimate of drug-likeness (QED) is 0.662. The van der Waals surface area contributed by atoms with Crippen molar-refractivity contribution in [1.82, 2.24) is 4.90 Å². The number of hydrogen-bond acceptors (Lipinski definition) is 2. The molecule has 0 radical (unpaired) electrons. The molecule has 0 saturated heterocycles. The predicted octanol–water partition coefficient (Wildman–Crippen LogP) is 2.65. The van der Waals surface area contributed by atoms with Crippen LogP contribution in [0.3, 0.4) is 0 Å². The third-order valence-electron chi connectivity index (χ3n) is 2.08. The number of ether oxygens (including phenoxy) is 1. The maximum absolute atomic E-state index is 11.4. The van der Waals surface area contributed by atoms with Crippen molar-refractivity contribution in [1.29, 1.82) is 0 Å². The minimum absolute atomic E-state index is 0.189. The van der Waals surface area contributed by atoms with Gasteiger partial charge in [-0.05, 0) is 27.2 Å². The molecule has 3 heteroatoms. The summed E-state index contributed by atoms with van der Waals surface area (Å²) in [6.45, 7) is 9.16. The van der Waals surface area contributed by atoms with Gasteiger partial charge in [-0.3, -0.25) is 0 Å². The fraction of sp³-hybridized carbons (Fsp3) is 0.900. The zero-order valence-electron chi connectivity index (χ0n) is 9.17. The fourth-order valence-electron chi connectivity index (χ4n) is 1.40. The average Bonchev–Trinajstić information content (AvgIpc) is 2.06. The van der Waals surface area contributed by atoms with Gasteiger partial charge in [0.2, 0.25) is 0 Å². The van der Waals surface area contributed by atoms with Gasteiger partial charge < -0.3 is 9.64 Å². The molecule has 0 N–H and O–H groups in total. The van der Waals surface area contributed by atoms with E-state index in [2.05, 4.69) is 13.8 Å². The number of rotatable bonds is 5. The maximum atomic E-state index is 11.4. The second-order valence-electron chi connectivity index (χ2n) is 3.12. The Morgan fingerprint density at radius 1 is 1.38 bits per heavy atom. The zero-order chi connectivity index (χ0) is 10.3. The van der Waals surface area contributed by atoms with Crippen LogP contribution in [0.4, 0.5) is 4.79 Å². The van der Waals surface area contributed by atoms with E-state index >= 15 is 0 Å². The molecule has 0 aliphatic heterocycles. The first-order valence-electron chi connectivity index (χ1n) is 5.10. The molecular weight excluding hydrogens is 166 g/mol. The van der Waals surface area contributed by atoms with E-state index in [1.165, 1.54) is 0 Å². The summed E-state index contributed by atoms with van der Waals surface area (Å²) in [4.78, 5) is 13.2. The number of nitrogens with zero attached hydrogens (tertiary/aromatic N) is 1. The highest BCUT2D eigenvalue weighted by Crippen LogP contribution is 2.07. The van der Waals surface area contributed by atoms with Gasteiger partial charge in [0.25, 0.3) is 0 Å². The van der Waals surface area contributed by atoms with Crippen LogP contribution in [0.15, 0.2) is 0 Å². The smallest absolute Gasteiger partial charge is 0.409 e. The maximum Gasteiger partial charge on any atom is 0.409 e. The van der Waals surface area contributed by atoms with Crippen molar-refractivity contribution in [2.24, 2.45) is 0 Å². The van der Waals surface area contributed by atoms with Crippen LogP contribution in [-0.2, 0) is 4.74 Å². The molecule has 0 heterocycles. The molecular formula is C10H21NO2. The van der Waals surface area contributed by atoms with E-state index in [1.54, 1.807) is 4.90 Å². The summed E-state index contributed by atoms with van der Waals surface area (Å²) in [5, 5.41) is 0. The lowest BCUT2D eigenvalue weighted by atomic mass is 10.2. The lowest BCUT2D eigenvalue weighted by molar-refractivity contribution is 0.0937. The molecule has 0 aromatic heterocycles. The molecule has 0 aromatic rings. The second kappa shape index (κ2) is 6.75. The van der Waals surface area contributed by atoms with Gasteiger partial charge in [-0.15, -0.1) is 0 Å². The van der Waals surface area contributed by atoms with Crippen molar-refractivity contribution >= 4 is 6.09 Å². The van der Waals surface area contributed by atoms with Crippen molar-refractivity contribution in [3.8, 4) is 0 Å². The third kappa shape index (κ3) is 4.15. The van der Waals surface area contributed by atoms with Gasteiger partial charge in [-0.1, -0.05) is 13.3 Å². The van der Waals surface area contributed by atoms with Crippen molar-refractivity contribution in [2.75, 3.05) is 13.2 Å². The van der Waals surface area contributed by atoms with Gasteiger partial charge >= 0.3 is 6.09 Å². The van der Waals surface area contributed by atoms with Crippen LogP contribution in [0.1, 0.15) is 40.5 Å². The molecule has 0 fully saturated rings. The van der Waals surface area contributed by atoms with Crippen LogP contribution in [-0.4, -0.2) is 30.2 Å². The van der Waals surface area contributed by atoms with Crippen molar-refractivity contribution in [3.63, 3.8) is 0 Å². The summed E-state index contributed by atoms with van der Waals surface area (Å²) in [5.41, 5.74) is 0. The SMILES string of the molecule is CCCC(C)N(CC)C(=O)OCC. The van der Waals surface area contributed by atoms with E-state index in [-0.39, 0.29) is 12.1 Å². The average molecular weight is 187 g/mol. The van der Waals surface area contributed by atoms with Gasteiger partial charge in [0.15, 0.2) is 0 Å². The van der Waals surface area contributed by atoms with Crippen molar-refractivity contribution in [2.45, 2.75) is 46.6 Å². The number of amides is 1. The second-order valence-corrected chi connectivity index (χ2v) is 3.12. The Morgan fingerprint density at radius 2 is 2.00 bits per heavy atom. The molecule has 1 atom stereocenters. The van der Waals surface area contributed by atoms with Crippen molar-refractivity contribution in [3.05, 3.63) is 0 Å². The van der Waals surface area contributed by atoms with E-state index in [0.717, 1.165) is 19.4 Å². The van der Waals surface area contributed by atoms with Gasteiger partial charge in [0, 0.05) is 12.6 Å². The van der Waals surface area contributed by atoms with Crippen LogP contribution in [0.5, 0.6) is 0 Å². The first kappa shape index (κ1) is 12.3. The molecule has 13 heavy (non-hydrogen) atoms. The lowest BCUT2D eigenvalue weighted by Gasteiger charge is -2.26. The molecule has 3 nitrogen and oxygen atoms in total. The Hall–Kier alpha value is -0.730. The Bertz CT molecular complexity index is 148. The van der Waals surface area contributed by atoms with Gasteiger partial charge in [-0.25, -0.2) is 4.79 Å². The lowest BCUT2D eigenvalue weighted by Crippen LogP contribution is -2.38. The first-order valence-corrected chi connectivity index (χ1v) is 5.10. The summed E-state index contributed by atoms with van der Waals surface area (Å²) in [5.74, 6) is 0. The highest BCUT2D eigenvalue weighted by atomic mass is 16.6. The van der Waals surface area contributed by atoms with Gasteiger partial charge in [0.05, 0.1) is 6.61 Å². The molecule has 1 amide bonds. The highest BCUT2D eigenvalue weighted by Gasteiger charge is 2.17. The molecule has 0 saturated carbocycles. The van der Waals surface area contributed by atoms with Crippen LogP contribution < -0.4 is 0 Å². The molecule has 0 aliphatic carbocycles. The Kier molecular flexibility index (Phi) is 6.37. The standard InChI is InChI=1S/C10H21NO2/c1-5-8-9(4)11(6-2)10(12)13-7-3/h9H,5-8H2,1-4H3. The fourth-order valence-corrected chi connectivity index (χ4v) is 1.40. The summed E-state index contributed by atoms with van der Waals surface area (Å²) in [6, 6.07) is 0.286. The Morgan fingerprint density at radius 3 is 2.38 bits per heavy atom. The summed E-state index contributed by atoms with van der Waals surface area (Å²) in [7, 11) is 0. The topological polar surface area (TPSA) is 29.5 Å². The molecule has 0 aliphatic rings. The largest absolute Gasteiger partial charge is 0.450 e. The first-order chi connectivity index (χ1) is 6.17. The highest BCUT2D eigenvalue weighted by molar-refractivity contribution is 5.67. The zero-order valence-corrected chi connectivity index (χ0v) is 9.17. The van der Waals surface area contributed by atoms with E-state index in [0.29, 0.717) is 6.61 Å². The number of carbonyl (C=O) groups excluding carboxylic acids is 1. The number of hydrogen-bond donors (Lipinski definition) is 0. The summed E-state index contributed by atoms with van der Waals surface area (Å²) < 4.78 is 4.95. The Labute approximate surface area is 81.1 Å². The van der Waals surface area contributed by atoms with Crippen LogP contribution >= 0.6 is 0 Å². The number of carbonyl (C=O) groups is 1. The molecule has 0 spiro atoms. The normalized spacial score (nSPS) is 12.3. The minimum atomic E-state index is -0.189. The molecule has 0 rings (SSSR count). The van der Waals surface area contributed by atoms with E-state index in [1.807, 2.05) is 13.8 Å². The Balaban J connectivity index is 4.06. The summed E-state index contributed by atoms with van der Waals surface area (Å²) in [6.07, 6.45) is 1.94. The summed E-state index contributed by atoms with van der Waals surface area (Å²) >= 11 is 0. The van der Waals surface area contributed by atoms with Gasteiger partial charge in [0.1, 0.15) is 0 Å². The van der Waals surface area contributed by atoms with E-state index in [4.69, 9.17) is 4.74 Å². The molecule has 0 bridgehead atoms.